The van der Waals surface area contributed by atoms with Crippen LogP contribution < -0.4 is 9.47 Å². The van der Waals surface area contributed by atoms with E-state index in [9.17, 15) is 0 Å². The van der Waals surface area contributed by atoms with Gasteiger partial charge in [-0.05, 0) is 26.8 Å². The average molecular weight is 236 g/mol. The quantitative estimate of drug-likeness (QED) is 0.803. The fourth-order valence-corrected chi connectivity index (χ4v) is 1.79. The minimum atomic E-state index is 0.229. The van der Waals surface area contributed by atoms with Gasteiger partial charge < -0.3 is 9.47 Å². The molecule has 0 N–H and O–H groups in total. The molecule has 0 aromatic carbocycles. The second kappa shape index (κ2) is 4.53. The van der Waals surface area contributed by atoms with Gasteiger partial charge in [0.2, 0.25) is 5.88 Å². The Morgan fingerprint density at radius 2 is 2.00 bits per heavy atom. The van der Waals surface area contributed by atoms with Gasteiger partial charge in [-0.1, -0.05) is 0 Å². The summed E-state index contributed by atoms with van der Waals surface area (Å²) in [5, 5.41) is 0. The van der Waals surface area contributed by atoms with E-state index in [4.69, 9.17) is 9.47 Å². The second-order valence-electron chi connectivity index (χ2n) is 5.35. The van der Waals surface area contributed by atoms with Gasteiger partial charge in [-0.2, -0.15) is 0 Å². The third kappa shape index (κ3) is 2.88. The van der Waals surface area contributed by atoms with Crippen molar-refractivity contribution in [3.05, 3.63) is 18.3 Å². The summed E-state index contributed by atoms with van der Waals surface area (Å²) in [7, 11) is 1.63. The maximum Gasteiger partial charge on any atom is 0.213 e. The van der Waals surface area contributed by atoms with E-state index in [1.54, 1.807) is 13.3 Å². The third-order valence-electron chi connectivity index (χ3n) is 3.03. The predicted molar refractivity (Wildman–Crippen MR) is 66.5 cm³/mol. The zero-order valence-corrected chi connectivity index (χ0v) is 10.9. The van der Waals surface area contributed by atoms with Crippen LogP contribution in [0.4, 0.5) is 0 Å². The van der Waals surface area contributed by atoms with Crippen LogP contribution in [0, 0.1) is 0 Å². The Hall–Kier alpha value is -1.29. The highest BCUT2D eigenvalue weighted by Crippen LogP contribution is 2.24. The first kappa shape index (κ1) is 12.2. The van der Waals surface area contributed by atoms with E-state index >= 15 is 0 Å². The van der Waals surface area contributed by atoms with Gasteiger partial charge >= 0.3 is 0 Å². The van der Waals surface area contributed by atoms with E-state index in [0.29, 0.717) is 5.88 Å². The minimum absolute atomic E-state index is 0.229. The average Bonchev–Trinajstić information content (AvgIpc) is 2.22. The molecular formula is C13H20N2O2. The normalized spacial score (nSPS) is 17.6. The monoisotopic (exact) mass is 236 g/mol. The van der Waals surface area contributed by atoms with E-state index in [0.717, 1.165) is 18.8 Å². The van der Waals surface area contributed by atoms with Crippen molar-refractivity contribution in [2.45, 2.75) is 32.4 Å². The van der Waals surface area contributed by atoms with Gasteiger partial charge in [0.15, 0.2) is 0 Å². The third-order valence-corrected chi connectivity index (χ3v) is 3.03. The maximum atomic E-state index is 5.77. The van der Waals surface area contributed by atoms with Crippen molar-refractivity contribution in [2.24, 2.45) is 0 Å². The topological polar surface area (TPSA) is 34.6 Å². The molecule has 1 aliphatic heterocycles. The Kier molecular flexibility index (Phi) is 3.24. The Morgan fingerprint density at radius 1 is 1.29 bits per heavy atom. The highest BCUT2D eigenvalue weighted by molar-refractivity contribution is 5.23. The molecule has 1 saturated heterocycles. The Balaban J connectivity index is 1.83. The summed E-state index contributed by atoms with van der Waals surface area (Å²) in [5.41, 5.74) is 0.229. The molecule has 0 amide bonds. The molecule has 0 atom stereocenters. The molecule has 0 bridgehead atoms. The molecule has 4 heteroatoms. The summed E-state index contributed by atoms with van der Waals surface area (Å²) >= 11 is 0. The molecule has 1 aromatic rings. The lowest BCUT2D eigenvalue weighted by Crippen LogP contribution is -2.60. The molecule has 1 aromatic heterocycles. The van der Waals surface area contributed by atoms with Crippen molar-refractivity contribution in [3.8, 4) is 11.6 Å². The molecule has 0 aliphatic carbocycles. The molecule has 17 heavy (non-hydrogen) atoms. The number of nitrogens with zero attached hydrogens (tertiary/aromatic N) is 2. The standard InChI is InChI=1S/C13H20N2O2/c1-13(2,3)15-8-11(9-15)17-12-6-5-10(16-4)7-14-12/h5-7,11H,8-9H2,1-4H3. The van der Waals surface area contributed by atoms with Crippen LogP contribution in [0.1, 0.15) is 20.8 Å². The number of likely N-dealkylation sites (tertiary alicyclic amines) is 1. The van der Waals surface area contributed by atoms with Gasteiger partial charge in [-0.25, -0.2) is 4.98 Å². The van der Waals surface area contributed by atoms with Crippen LogP contribution in [-0.2, 0) is 0 Å². The van der Waals surface area contributed by atoms with Crippen molar-refractivity contribution in [1.82, 2.24) is 9.88 Å². The first-order valence-electron chi connectivity index (χ1n) is 5.91. The lowest BCUT2D eigenvalue weighted by atomic mass is 9.99. The van der Waals surface area contributed by atoms with Crippen LogP contribution in [0.15, 0.2) is 18.3 Å². The lowest BCUT2D eigenvalue weighted by Gasteiger charge is -2.46. The van der Waals surface area contributed by atoms with Crippen molar-refractivity contribution in [3.63, 3.8) is 0 Å². The van der Waals surface area contributed by atoms with Gasteiger partial charge in [0.25, 0.3) is 0 Å². The van der Waals surface area contributed by atoms with E-state index in [1.165, 1.54) is 0 Å². The molecule has 1 aliphatic rings. The lowest BCUT2D eigenvalue weighted by molar-refractivity contribution is -0.0368. The number of pyridine rings is 1. The SMILES string of the molecule is COc1ccc(OC2CN(C(C)(C)C)C2)nc1. The molecule has 0 spiro atoms. The van der Waals surface area contributed by atoms with E-state index in [1.807, 2.05) is 12.1 Å². The Morgan fingerprint density at radius 3 is 2.47 bits per heavy atom. The largest absolute Gasteiger partial charge is 0.495 e. The molecule has 4 nitrogen and oxygen atoms in total. The molecule has 2 heterocycles. The van der Waals surface area contributed by atoms with Gasteiger partial charge in [-0.3, -0.25) is 4.90 Å². The van der Waals surface area contributed by atoms with Gasteiger partial charge in [0.05, 0.1) is 13.3 Å². The van der Waals surface area contributed by atoms with Gasteiger partial charge in [-0.15, -0.1) is 0 Å². The highest BCUT2D eigenvalue weighted by atomic mass is 16.5. The zero-order valence-electron chi connectivity index (χ0n) is 10.9. The molecule has 0 unspecified atom stereocenters. The molecule has 0 saturated carbocycles. The summed E-state index contributed by atoms with van der Waals surface area (Å²) in [6, 6.07) is 3.71. The Bertz CT molecular complexity index is 364. The van der Waals surface area contributed by atoms with Crippen molar-refractivity contribution in [2.75, 3.05) is 20.2 Å². The van der Waals surface area contributed by atoms with Crippen molar-refractivity contribution in [1.29, 1.82) is 0 Å². The molecule has 1 fully saturated rings. The van der Waals surface area contributed by atoms with Gasteiger partial charge in [0, 0.05) is 24.7 Å². The van der Waals surface area contributed by atoms with Crippen LogP contribution in [0.5, 0.6) is 11.6 Å². The molecule has 2 rings (SSSR count). The first-order chi connectivity index (χ1) is 7.99. The highest BCUT2D eigenvalue weighted by Gasteiger charge is 2.35. The fourth-order valence-electron chi connectivity index (χ4n) is 1.79. The zero-order chi connectivity index (χ0) is 12.5. The van der Waals surface area contributed by atoms with E-state index < -0.39 is 0 Å². The van der Waals surface area contributed by atoms with E-state index in [-0.39, 0.29) is 11.6 Å². The number of hydrogen-bond acceptors (Lipinski definition) is 4. The van der Waals surface area contributed by atoms with E-state index in [2.05, 4.69) is 30.7 Å². The Labute approximate surface area is 103 Å². The smallest absolute Gasteiger partial charge is 0.213 e. The summed E-state index contributed by atoms with van der Waals surface area (Å²) in [5.74, 6) is 1.42. The van der Waals surface area contributed by atoms with Crippen molar-refractivity contribution >= 4 is 0 Å². The van der Waals surface area contributed by atoms with Gasteiger partial charge in [0.1, 0.15) is 11.9 Å². The number of methoxy groups -OCH3 is 1. The number of rotatable bonds is 3. The maximum absolute atomic E-state index is 5.77. The summed E-state index contributed by atoms with van der Waals surface area (Å²) < 4.78 is 10.8. The van der Waals surface area contributed by atoms with Crippen LogP contribution in [0.25, 0.3) is 0 Å². The summed E-state index contributed by atoms with van der Waals surface area (Å²) in [4.78, 5) is 6.58. The number of hydrogen-bond donors (Lipinski definition) is 0. The second-order valence-corrected chi connectivity index (χ2v) is 5.35. The molecule has 94 valence electrons. The van der Waals surface area contributed by atoms with Crippen LogP contribution >= 0.6 is 0 Å². The van der Waals surface area contributed by atoms with Crippen LogP contribution in [0.3, 0.4) is 0 Å². The minimum Gasteiger partial charge on any atom is -0.495 e. The fraction of sp³-hybridized carbons (Fsp3) is 0.615. The predicted octanol–water partition coefficient (Wildman–Crippen LogP) is 1.95. The van der Waals surface area contributed by atoms with Crippen LogP contribution in [-0.4, -0.2) is 41.7 Å². The molecular weight excluding hydrogens is 216 g/mol. The summed E-state index contributed by atoms with van der Waals surface area (Å²) in [6.45, 7) is 8.59. The number of aromatic nitrogens is 1. The van der Waals surface area contributed by atoms with Crippen LogP contribution in [0.2, 0.25) is 0 Å². The molecule has 0 radical (unpaired) electrons. The summed E-state index contributed by atoms with van der Waals surface area (Å²) in [6.07, 6.45) is 1.94. The first-order valence-corrected chi connectivity index (χ1v) is 5.91. The number of ether oxygens (including phenoxy) is 2. The van der Waals surface area contributed by atoms with Crippen molar-refractivity contribution < 1.29 is 9.47 Å².